The van der Waals surface area contributed by atoms with Crippen LogP contribution in [0.1, 0.15) is 23.6 Å². The van der Waals surface area contributed by atoms with Crippen LogP contribution in [0.15, 0.2) is 82.8 Å². The number of nitrogens with one attached hydrogen (secondary N) is 1. The second-order valence-electron chi connectivity index (χ2n) is 8.27. The first kappa shape index (κ1) is 26.3. The maximum absolute atomic E-state index is 12.7. The average molecular weight is 576 g/mol. The van der Waals surface area contributed by atoms with E-state index in [-0.39, 0.29) is 5.57 Å². The van der Waals surface area contributed by atoms with Crippen LogP contribution in [-0.2, 0) is 11.4 Å². The molecule has 0 heterocycles. The summed E-state index contributed by atoms with van der Waals surface area (Å²) in [6, 6.07) is 24.6. The van der Waals surface area contributed by atoms with E-state index in [9.17, 15) is 10.1 Å². The quantitative estimate of drug-likeness (QED) is 0.170. The molecule has 1 amide bonds. The van der Waals surface area contributed by atoms with Crippen molar-refractivity contribution >= 4 is 56.0 Å². The molecule has 0 radical (unpaired) electrons. The molecule has 0 spiro atoms. The van der Waals surface area contributed by atoms with Crippen LogP contribution in [0.25, 0.3) is 16.8 Å². The van der Waals surface area contributed by atoms with Gasteiger partial charge in [-0.3, -0.25) is 4.79 Å². The summed E-state index contributed by atoms with van der Waals surface area (Å²) in [5.41, 5.74) is 3.29. The maximum atomic E-state index is 12.7. The largest absolute Gasteiger partial charge is 0.490 e. The molecule has 0 aromatic heterocycles. The molecule has 0 unspecified atom stereocenters. The van der Waals surface area contributed by atoms with E-state index >= 15 is 0 Å². The van der Waals surface area contributed by atoms with Crippen molar-refractivity contribution in [2.45, 2.75) is 20.5 Å². The number of nitrogens with zero attached hydrogens (tertiary/aromatic N) is 1. The zero-order chi connectivity index (χ0) is 26.4. The first-order valence-electron chi connectivity index (χ1n) is 11.6. The smallest absolute Gasteiger partial charge is 0.266 e. The van der Waals surface area contributed by atoms with Gasteiger partial charge in [-0.2, -0.15) is 5.26 Å². The lowest BCUT2D eigenvalue weighted by Crippen LogP contribution is -2.13. The first-order chi connectivity index (χ1) is 17.9. The molecule has 1 N–H and O–H groups in total. The molecule has 0 fully saturated rings. The summed E-state index contributed by atoms with van der Waals surface area (Å²) < 4.78 is 12.8. The Kier molecular flexibility index (Phi) is 8.50. The number of ether oxygens (including phenoxy) is 2. The molecule has 0 aliphatic carbocycles. The van der Waals surface area contributed by atoms with Crippen LogP contribution >= 0.6 is 27.5 Å². The molecule has 4 aromatic rings. The van der Waals surface area contributed by atoms with Crippen molar-refractivity contribution in [3.63, 3.8) is 0 Å². The van der Waals surface area contributed by atoms with E-state index in [1.165, 1.54) is 6.08 Å². The van der Waals surface area contributed by atoms with Crippen LogP contribution in [0.3, 0.4) is 0 Å². The van der Waals surface area contributed by atoms with Crippen LogP contribution in [0.2, 0.25) is 5.02 Å². The topological polar surface area (TPSA) is 71.3 Å². The number of anilines is 1. The SMILES string of the molecule is CCOc1cc(/C=C(\C#N)C(=O)Nc2cccc(Cl)c2)cc(Br)c1OCc1c(C)ccc2ccccc12. The Hall–Kier alpha value is -3.79. The van der Waals surface area contributed by atoms with Gasteiger partial charge in [0.05, 0.1) is 11.1 Å². The molecule has 7 heteroatoms. The average Bonchev–Trinajstić information content (AvgIpc) is 2.88. The number of halogens is 2. The third-order valence-electron chi connectivity index (χ3n) is 5.73. The molecule has 186 valence electrons. The summed E-state index contributed by atoms with van der Waals surface area (Å²) in [7, 11) is 0. The Morgan fingerprint density at radius 1 is 1.08 bits per heavy atom. The highest BCUT2D eigenvalue weighted by molar-refractivity contribution is 9.10. The molecule has 4 rings (SSSR count). The highest BCUT2D eigenvalue weighted by Crippen LogP contribution is 2.38. The minimum Gasteiger partial charge on any atom is -0.490 e. The minimum absolute atomic E-state index is 0.0608. The third-order valence-corrected chi connectivity index (χ3v) is 6.55. The van der Waals surface area contributed by atoms with Crippen molar-refractivity contribution in [2.75, 3.05) is 11.9 Å². The number of nitriles is 1. The zero-order valence-electron chi connectivity index (χ0n) is 20.3. The Morgan fingerprint density at radius 3 is 2.65 bits per heavy atom. The van der Waals surface area contributed by atoms with Gasteiger partial charge in [0.1, 0.15) is 18.2 Å². The monoisotopic (exact) mass is 574 g/mol. The van der Waals surface area contributed by atoms with Crippen LogP contribution in [0.4, 0.5) is 5.69 Å². The number of benzene rings is 4. The fraction of sp³-hybridized carbons (Fsp3) is 0.133. The van der Waals surface area contributed by atoms with Crippen LogP contribution < -0.4 is 14.8 Å². The Labute approximate surface area is 229 Å². The molecular formula is C30H24BrClN2O3. The van der Waals surface area contributed by atoms with E-state index in [0.29, 0.717) is 45.5 Å². The predicted molar refractivity (Wildman–Crippen MR) is 152 cm³/mol. The molecule has 37 heavy (non-hydrogen) atoms. The fourth-order valence-corrected chi connectivity index (χ4v) is 4.70. The first-order valence-corrected chi connectivity index (χ1v) is 12.8. The number of carbonyl (C=O) groups is 1. The van der Waals surface area contributed by atoms with Gasteiger partial charge in [0, 0.05) is 16.3 Å². The van der Waals surface area contributed by atoms with Gasteiger partial charge in [0.25, 0.3) is 5.91 Å². The van der Waals surface area contributed by atoms with Gasteiger partial charge in [-0.1, -0.05) is 54.1 Å². The fourth-order valence-electron chi connectivity index (χ4n) is 3.94. The van der Waals surface area contributed by atoms with Crippen LogP contribution in [0, 0.1) is 18.3 Å². The molecule has 0 atom stereocenters. The molecule has 0 saturated heterocycles. The lowest BCUT2D eigenvalue weighted by molar-refractivity contribution is -0.112. The molecule has 0 bridgehead atoms. The molecule has 0 aliphatic rings. The van der Waals surface area contributed by atoms with Gasteiger partial charge in [-0.15, -0.1) is 0 Å². The predicted octanol–water partition coefficient (Wildman–Crippen LogP) is 8.09. The summed E-state index contributed by atoms with van der Waals surface area (Å²) in [6.45, 7) is 4.72. The Bertz CT molecular complexity index is 1540. The number of fused-ring (bicyclic) bond motifs is 1. The van der Waals surface area contributed by atoms with Gasteiger partial charge in [-0.05, 0) is 88.1 Å². The second kappa shape index (κ2) is 12.0. The molecule has 0 saturated carbocycles. The molecule has 0 aliphatic heterocycles. The van der Waals surface area contributed by atoms with E-state index in [2.05, 4.69) is 52.4 Å². The number of hydrogen-bond donors (Lipinski definition) is 1. The Morgan fingerprint density at radius 2 is 1.89 bits per heavy atom. The van der Waals surface area contributed by atoms with Crippen molar-refractivity contribution in [3.05, 3.63) is 105 Å². The van der Waals surface area contributed by atoms with Crippen molar-refractivity contribution in [2.24, 2.45) is 0 Å². The van der Waals surface area contributed by atoms with Gasteiger partial charge in [0.15, 0.2) is 11.5 Å². The molecule has 4 aromatic carbocycles. The highest BCUT2D eigenvalue weighted by Gasteiger charge is 2.16. The van der Waals surface area contributed by atoms with Gasteiger partial charge in [-0.25, -0.2) is 0 Å². The van der Waals surface area contributed by atoms with Crippen molar-refractivity contribution in [1.29, 1.82) is 5.26 Å². The number of rotatable bonds is 8. The summed E-state index contributed by atoms with van der Waals surface area (Å²) in [5.74, 6) is 0.521. The van der Waals surface area contributed by atoms with Gasteiger partial charge in [0.2, 0.25) is 0 Å². The standard InChI is InChI=1S/C30H24BrClN2O3/c1-3-36-28-15-20(13-22(17-33)30(35)34-24-9-6-8-23(32)16-24)14-27(31)29(28)37-18-26-19(2)11-12-21-7-4-5-10-25(21)26/h4-16H,3,18H2,1-2H3,(H,34,35)/b22-13+. The van der Waals surface area contributed by atoms with E-state index in [0.717, 1.165) is 21.9 Å². The van der Waals surface area contributed by atoms with Crippen molar-refractivity contribution < 1.29 is 14.3 Å². The zero-order valence-corrected chi connectivity index (χ0v) is 22.7. The summed E-state index contributed by atoms with van der Waals surface area (Å²) in [4.78, 5) is 12.7. The third kappa shape index (κ3) is 6.32. The lowest BCUT2D eigenvalue weighted by atomic mass is 10.0. The minimum atomic E-state index is -0.536. The number of carbonyl (C=O) groups excluding carboxylic acids is 1. The number of amides is 1. The molecule has 5 nitrogen and oxygen atoms in total. The number of hydrogen-bond acceptors (Lipinski definition) is 4. The molecular weight excluding hydrogens is 552 g/mol. The summed E-state index contributed by atoms with van der Waals surface area (Å²) >= 11 is 9.58. The summed E-state index contributed by atoms with van der Waals surface area (Å²) in [6.07, 6.45) is 1.51. The number of aryl methyl sites for hydroxylation is 1. The maximum Gasteiger partial charge on any atom is 0.266 e. The van der Waals surface area contributed by atoms with Crippen LogP contribution in [0.5, 0.6) is 11.5 Å². The van der Waals surface area contributed by atoms with E-state index in [1.807, 2.05) is 25.1 Å². The van der Waals surface area contributed by atoms with E-state index < -0.39 is 5.91 Å². The highest BCUT2D eigenvalue weighted by atomic mass is 79.9. The van der Waals surface area contributed by atoms with Crippen LogP contribution in [-0.4, -0.2) is 12.5 Å². The van der Waals surface area contributed by atoms with Crippen molar-refractivity contribution in [1.82, 2.24) is 0 Å². The normalized spacial score (nSPS) is 11.2. The van der Waals surface area contributed by atoms with E-state index in [1.54, 1.807) is 36.4 Å². The van der Waals surface area contributed by atoms with E-state index in [4.69, 9.17) is 21.1 Å². The van der Waals surface area contributed by atoms with Crippen molar-refractivity contribution in [3.8, 4) is 17.6 Å². The van der Waals surface area contributed by atoms with Gasteiger partial charge < -0.3 is 14.8 Å². The van der Waals surface area contributed by atoms with Gasteiger partial charge >= 0.3 is 0 Å². The summed E-state index contributed by atoms with van der Waals surface area (Å²) in [5, 5.41) is 15.1. The second-order valence-corrected chi connectivity index (χ2v) is 9.56. The lowest BCUT2D eigenvalue weighted by Gasteiger charge is -2.17. The Balaban J connectivity index is 1.62.